The number of methoxy groups -OCH3 is 1. The molecule has 1 N–H and O–H groups in total. The fourth-order valence-electron chi connectivity index (χ4n) is 2.30. The van der Waals surface area contributed by atoms with Crippen molar-refractivity contribution >= 4 is 5.97 Å². The highest BCUT2D eigenvalue weighted by molar-refractivity contribution is 5.67. The Hall–Kier alpha value is -1.55. The molecule has 1 aromatic rings. The number of hydrogen-bond acceptors (Lipinski definition) is 3. The average molecular weight is 293 g/mol. The van der Waals surface area contributed by atoms with Gasteiger partial charge in [-0.2, -0.15) is 0 Å². The molecule has 0 aromatic heterocycles. The summed E-state index contributed by atoms with van der Waals surface area (Å²) in [6.07, 6.45) is 0.780. The Morgan fingerprint density at radius 2 is 1.95 bits per heavy atom. The van der Waals surface area contributed by atoms with Crippen molar-refractivity contribution in [3.05, 3.63) is 29.3 Å². The number of hydrogen-bond donors (Lipinski definition) is 1. The van der Waals surface area contributed by atoms with E-state index in [1.165, 1.54) is 5.56 Å². The Morgan fingerprint density at radius 1 is 1.33 bits per heavy atom. The molecule has 0 radical (unpaired) electrons. The van der Waals surface area contributed by atoms with Crippen LogP contribution in [0.2, 0.25) is 0 Å². The van der Waals surface area contributed by atoms with E-state index in [1.807, 2.05) is 25.1 Å². The second-order valence-electron chi connectivity index (χ2n) is 6.70. The Kier molecular flexibility index (Phi) is 5.78. The summed E-state index contributed by atoms with van der Waals surface area (Å²) in [6, 6.07) is 6.14. The van der Waals surface area contributed by atoms with Gasteiger partial charge in [-0.15, -0.1) is 0 Å². The maximum absolute atomic E-state index is 11.0. The smallest absolute Gasteiger partial charge is 0.304 e. The lowest BCUT2D eigenvalue weighted by atomic mass is 9.85. The van der Waals surface area contributed by atoms with Crippen molar-refractivity contribution in [2.24, 2.45) is 0 Å². The van der Waals surface area contributed by atoms with Crippen molar-refractivity contribution in [2.45, 2.75) is 45.1 Å². The third-order valence-electron chi connectivity index (χ3n) is 3.74. The normalized spacial score (nSPS) is 13.3. The predicted octanol–water partition coefficient (Wildman–Crippen LogP) is 2.94. The fourth-order valence-corrected chi connectivity index (χ4v) is 2.30. The molecule has 0 aliphatic carbocycles. The van der Waals surface area contributed by atoms with Crippen LogP contribution in [0.25, 0.3) is 0 Å². The highest BCUT2D eigenvalue weighted by Crippen LogP contribution is 2.29. The minimum Gasteiger partial charge on any atom is -0.496 e. The van der Waals surface area contributed by atoms with Gasteiger partial charge in [-0.3, -0.25) is 4.79 Å². The first kappa shape index (κ1) is 17.5. The number of carboxylic acids is 1. The second-order valence-corrected chi connectivity index (χ2v) is 6.70. The van der Waals surface area contributed by atoms with Gasteiger partial charge in [-0.1, -0.05) is 32.9 Å². The summed E-state index contributed by atoms with van der Waals surface area (Å²) in [7, 11) is 5.47. The Balaban J connectivity index is 3.11. The van der Waals surface area contributed by atoms with Gasteiger partial charge in [0.1, 0.15) is 5.75 Å². The first-order valence-electron chi connectivity index (χ1n) is 7.20. The van der Waals surface area contributed by atoms with Gasteiger partial charge in [0.15, 0.2) is 0 Å². The standard InChI is InChI=1S/C17H27NO3/c1-17(2,3)13-7-8-15(21-6)12(9-13)10-14(18(4)5)11-16(19)20/h7-9,14H,10-11H2,1-6H3,(H,19,20). The van der Waals surface area contributed by atoms with E-state index in [0.717, 1.165) is 11.3 Å². The van der Waals surface area contributed by atoms with Crippen molar-refractivity contribution in [3.8, 4) is 5.75 Å². The van der Waals surface area contributed by atoms with Crippen molar-refractivity contribution in [3.63, 3.8) is 0 Å². The third kappa shape index (κ3) is 5.05. The van der Waals surface area contributed by atoms with Gasteiger partial charge in [-0.05, 0) is 43.1 Å². The highest BCUT2D eigenvalue weighted by Gasteiger charge is 2.21. The first-order valence-corrected chi connectivity index (χ1v) is 7.20. The number of ether oxygens (including phenoxy) is 1. The lowest BCUT2D eigenvalue weighted by Gasteiger charge is -2.25. The van der Waals surface area contributed by atoms with Gasteiger partial charge in [0.05, 0.1) is 13.5 Å². The molecule has 0 saturated heterocycles. The minimum absolute atomic E-state index is 0.0494. The van der Waals surface area contributed by atoms with Crippen LogP contribution in [0.4, 0.5) is 0 Å². The average Bonchev–Trinajstić information content (AvgIpc) is 2.36. The summed E-state index contributed by atoms with van der Waals surface area (Å²) >= 11 is 0. The van der Waals surface area contributed by atoms with E-state index in [1.54, 1.807) is 7.11 Å². The number of aliphatic carboxylic acids is 1. The minimum atomic E-state index is -0.778. The Labute approximate surface area is 127 Å². The molecule has 0 saturated carbocycles. The molecule has 1 atom stereocenters. The molecule has 0 bridgehead atoms. The zero-order valence-corrected chi connectivity index (χ0v) is 13.9. The second kappa shape index (κ2) is 6.94. The van der Waals surface area contributed by atoms with Crippen molar-refractivity contribution in [1.29, 1.82) is 0 Å². The molecule has 1 rings (SSSR count). The van der Waals surface area contributed by atoms with E-state index in [0.29, 0.717) is 6.42 Å². The molecule has 1 unspecified atom stereocenters. The molecule has 0 heterocycles. The summed E-state index contributed by atoms with van der Waals surface area (Å²) < 4.78 is 5.43. The SMILES string of the molecule is COc1ccc(C(C)(C)C)cc1CC(CC(=O)O)N(C)C. The molecule has 0 amide bonds. The summed E-state index contributed by atoms with van der Waals surface area (Å²) in [5.41, 5.74) is 2.34. The van der Waals surface area contributed by atoms with Crippen LogP contribution in [0, 0.1) is 0 Å². The number of carbonyl (C=O) groups is 1. The van der Waals surface area contributed by atoms with Gasteiger partial charge in [-0.25, -0.2) is 0 Å². The maximum atomic E-state index is 11.0. The number of benzene rings is 1. The molecule has 0 fully saturated rings. The van der Waals surface area contributed by atoms with E-state index in [4.69, 9.17) is 9.84 Å². The van der Waals surface area contributed by atoms with Crippen LogP contribution in [-0.2, 0) is 16.6 Å². The monoisotopic (exact) mass is 293 g/mol. The quantitative estimate of drug-likeness (QED) is 0.876. The number of likely N-dealkylation sites (N-methyl/N-ethyl adjacent to an activating group) is 1. The van der Waals surface area contributed by atoms with Gasteiger partial charge in [0.25, 0.3) is 0 Å². The molecule has 4 heteroatoms. The van der Waals surface area contributed by atoms with Crippen molar-refractivity contribution in [1.82, 2.24) is 4.90 Å². The van der Waals surface area contributed by atoms with E-state index in [-0.39, 0.29) is 17.9 Å². The molecule has 0 spiro atoms. The van der Waals surface area contributed by atoms with Crippen LogP contribution >= 0.6 is 0 Å². The number of nitrogens with zero attached hydrogens (tertiary/aromatic N) is 1. The van der Waals surface area contributed by atoms with Crippen LogP contribution in [-0.4, -0.2) is 43.2 Å². The van der Waals surface area contributed by atoms with Crippen LogP contribution < -0.4 is 4.74 Å². The third-order valence-corrected chi connectivity index (χ3v) is 3.74. The van der Waals surface area contributed by atoms with Crippen LogP contribution in [0.5, 0.6) is 5.75 Å². The molecule has 0 aliphatic heterocycles. The van der Waals surface area contributed by atoms with Crippen molar-refractivity contribution < 1.29 is 14.6 Å². The van der Waals surface area contributed by atoms with Crippen LogP contribution in [0.3, 0.4) is 0 Å². The molecule has 21 heavy (non-hydrogen) atoms. The van der Waals surface area contributed by atoms with E-state index in [9.17, 15) is 4.79 Å². The Bertz CT molecular complexity index is 489. The van der Waals surface area contributed by atoms with Gasteiger partial charge < -0.3 is 14.7 Å². The van der Waals surface area contributed by atoms with Gasteiger partial charge in [0, 0.05) is 6.04 Å². The maximum Gasteiger partial charge on any atom is 0.304 e. The highest BCUT2D eigenvalue weighted by atomic mass is 16.5. The molecular formula is C17H27NO3. The Morgan fingerprint density at radius 3 is 2.38 bits per heavy atom. The topological polar surface area (TPSA) is 49.8 Å². The van der Waals surface area contributed by atoms with E-state index < -0.39 is 5.97 Å². The summed E-state index contributed by atoms with van der Waals surface area (Å²) in [5, 5.41) is 9.06. The van der Waals surface area contributed by atoms with E-state index >= 15 is 0 Å². The number of carboxylic acid groups (broad SMARTS) is 1. The van der Waals surface area contributed by atoms with E-state index in [2.05, 4.69) is 32.9 Å². The molecule has 118 valence electrons. The lowest BCUT2D eigenvalue weighted by molar-refractivity contribution is -0.138. The van der Waals surface area contributed by atoms with Gasteiger partial charge in [0.2, 0.25) is 0 Å². The first-order chi connectivity index (χ1) is 9.65. The molecule has 4 nitrogen and oxygen atoms in total. The van der Waals surface area contributed by atoms with Crippen molar-refractivity contribution in [2.75, 3.05) is 21.2 Å². The zero-order chi connectivity index (χ0) is 16.2. The lowest BCUT2D eigenvalue weighted by Crippen LogP contribution is -2.32. The van der Waals surface area contributed by atoms with Gasteiger partial charge >= 0.3 is 5.97 Å². The largest absolute Gasteiger partial charge is 0.496 e. The molecule has 0 aliphatic rings. The summed E-state index contributed by atoms with van der Waals surface area (Å²) in [6.45, 7) is 6.50. The predicted molar refractivity (Wildman–Crippen MR) is 85.1 cm³/mol. The summed E-state index contributed by atoms with van der Waals surface area (Å²) in [4.78, 5) is 13.0. The summed E-state index contributed by atoms with van der Waals surface area (Å²) in [5.74, 6) is 0.0416. The van der Waals surface area contributed by atoms with Crippen LogP contribution in [0.1, 0.15) is 38.3 Å². The number of rotatable bonds is 6. The molecule has 1 aromatic carbocycles. The zero-order valence-electron chi connectivity index (χ0n) is 13.9. The molecular weight excluding hydrogens is 266 g/mol. The van der Waals surface area contributed by atoms with Crippen LogP contribution in [0.15, 0.2) is 18.2 Å². The fraction of sp³-hybridized carbons (Fsp3) is 0.588.